The number of Topliss-reactive ketones (excluding diaryl/α,β-unsaturated/α-hetero) is 1. The zero-order valence-corrected chi connectivity index (χ0v) is 13.1. The van der Waals surface area contributed by atoms with E-state index in [-0.39, 0.29) is 23.5 Å². The van der Waals surface area contributed by atoms with Crippen molar-refractivity contribution in [2.45, 2.75) is 20.8 Å². The molecule has 0 fully saturated rings. The van der Waals surface area contributed by atoms with Gasteiger partial charge in [0.05, 0.1) is 6.61 Å². The molecule has 0 aliphatic heterocycles. The molecule has 0 atom stereocenters. The van der Waals surface area contributed by atoms with Crippen molar-refractivity contribution in [3.63, 3.8) is 0 Å². The summed E-state index contributed by atoms with van der Waals surface area (Å²) in [6, 6.07) is 6.46. The van der Waals surface area contributed by atoms with Gasteiger partial charge in [-0.1, -0.05) is 0 Å². The first kappa shape index (κ1) is 16.6. The number of ether oxygens (including phenoxy) is 1. The third-order valence-corrected chi connectivity index (χ3v) is 3.41. The van der Waals surface area contributed by atoms with Gasteiger partial charge in [-0.3, -0.25) is 14.2 Å². The van der Waals surface area contributed by atoms with Crippen LogP contribution in [0.5, 0.6) is 0 Å². The molecule has 2 aromatic rings. The normalized spacial score (nSPS) is 10.4. The van der Waals surface area contributed by atoms with E-state index in [1.54, 1.807) is 13.8 Å². The number of carbonyl (C=O) groups is 2. The van der Waals surface area contributed by atoms with Crippen LogP contribution >= 0.6 is 0 Å². The van der Waals surface area contributed by atoms with Gasteiger partial charge in [0.1, 0.15) is 11.4 Å². The van der Waals surface area contributed by atoms with Crippen molar-refractivity contribution in [2.24, 2.45) is 0 Å². The number of nitrogens with zero attached hydrogens (tertiary/aromatic N) is 1. The first-order valence-corrected chi connectivity index (χ1v) is 7.07. The van der Waals surface area contributed by atoms with Gasteiger partial charge in [0.25, 0.3) is 5.56 Å². The second kappa shape index (κ2) is 6.56. The minimum atomic E-state index is -0.795. The van der Waals surface area contributed by atoms with E-state index < -0.39 is 17.3 Å². The lowest BCUT2D eigenvalue weighted by molar-refractivity contribution is 0.0524. The Morgan fingerprint density at radius 3 is 2.30 bits per heavy atom. The average molecular weight is 317 g/mol. The van der Waals surface area contributed by atoms with E-state index in [1.807, 2.05) is 0 Å². The lowest BCUT2D eigenvalue weighted by Gasteiger charge is -2.15. The molecule has 0 N–H and O–H groups in total. The number of esters is 1. The van der Waals surface area contributed by atoms with Gasteiger partial charge in [0, 0.05) is 16.9 Å². The van der Waals surface area contributed by atoms with Crippen molar-refractivity contribution >= 4 is 11.8 Å². The maximum absolute atomic E-state index is 13.1. The van der Waals surface area contributed by atoms with Crippen molar-refractivity contribution < 1.29 is 18.7 Å². The van der Waals surface area contributed by atoms with Crippen molar-refractivity contribution in [3.05, 3.63) is 63.3 Å². The summed E-state index contributed by atoms with van der Waals surface area (Å²) in [7, 11) is 0. The van der Waals surface area contributed by atoms with Gasteiger partial charge in [-0.15, -0.1) is 0 Å². The first-order chi connectivity index (χ1) is 10.9. The van der Waals surface area contributed by atoms with Crippen LogP contribution in [0, 0.1) is 12.7 Å². The number of rotatable bonds is 4. The molecular formula is C17H16FNO4. The monoisotopic (exact) mass is 317 g/mol. The minimum Gasteiger partial charge on any atom is -0.462 e. The molecule has 0 saturated heterocycles. The lowest BCUT2D eigenvalue weighted by Crippen LogP contribution is -2.29. The fourth-order valence-corrected chi connectivity index (χ4v) is 2.32. The fourth-order valence-electron chi connectivity index (χ4n) is 2.32. The third-order valence-electron chi connectivity index (χ3n) is 3.41. The van der Waals surface area contributed by atoms with E-state index in [2.05, 4.69) is 0 Å². The number of hydrogen-bond acceptors (Lipinski definition) is 4. The second-order valence-electron chi connectivity index (χ2n) is 4.95. The third kappa shape index (κ3) is 3.21. The van der Waals surface area contributed by atoms with Gasteiger partial charge < -0.3 is 4.74 Å². The van der Waals surface area contributed by atoms with Crippen LogP contribution in [-0.2, 0) is 4.74 Å². The largest absolute Gasteiger partial charge is 0.462 e. The van der Waals surface area contributed by atoms with E-state index >= 15 is 0 Å². The van der Waals surface area contributed by atoms with Crippen LogP contribution in [-0.4, -0.2) is 22.9 Å². The molecule has 0 unspecified atom stereocenters. The summed E-state index contributed by atoms with van der Waals surface area (Å²) in [5.41, 5.74) is 0.131. The smallest absolute Gasteiger partial charge is 0.343 e. The summed E-state index contributed by atoms with van der Waals surface area (Å²) in [5.74, 6) is -1.53. The number of benzene rings is 1. The highest BCUT2D eigenvalue weighted by molar-refractivity contribution is 5.98. The maximum atomic E-state index is 13.1. The van der Waals surface area contributed by atoms with Crippen molar-refractivity contribution in [3.8, 4) is 5.69 Å². The predicted molar refractivity (Wildman–Crippen MR) is 82.7 cm³/mol. The highest BCUT2D eigenvalue weighted by atomic mass is 19.1. The van der Waals surface area contributed by atoms with E-state index in [1.165, 1.54) is 41.8 Å². The highest BCUT2D eigenvalue weighted by Gasteiger charge is 2.20. The van der Waals surface area contributed by atoms with Crippen LogP contribution in [0.25, 0.3) is 5.69 Å². The van der Waals surface area contributed by atoms with Gasteiger partial charge >= 0.3 is 5.97 Å². The highest BCUT2D eigenvalue weighted by Crippen LogP contribution is 2.16. The van der Waals surface area contributed by atoms with Crippen molar-refractivity contribution in [2.75, 3.05) is 6.61 Å². The fraction of sp³-hybridized carbons (Fsp3) is 0.235. The van der Waals surface area contributed by atoms with Gasteiger partial charge in [0.2, 0.25) is 0 Å². The summed E-state index contributed by atoms with van der Waals surface area (Å²) < 4.78 is 19.2. The zero-order valence-electron chi connectivity index (χ0n) is 13.1. The van der Waals surface area contributed by atoms with E-state index in [4.69, 9.17) is 4.74 Å². The Balaban J connectivity index is 2.78. The Morgan fingerprint density at radius 2 is 1.78 bits per heavy atom. The first-order valence-electron chi connectivity index (χ1n) is 7.07. The van der Waals surface area contributed by atoms with Gasteiger partial charge in [-0.25, -0.2) is 9.18 Å². The quantitative estimate of drug-likeness (QED) is 0.642. The molecule has 0 bridgehead atoms. The van der Waals surface area contributed by atoms with Crippen LogP contribution in [0.15, 0.2) is 35.1 Å². The molecule has 2 rings (SSSR count). The topological polar surface area (TPSA) is 65.4 Å². The number of hydrogen-bond donors (Lipinski definition) is 0. The molecule has 1 heterocycles. The predicted octanol–water partition coefficient (Wildman–Crippen LogP) is 2.66. The zero-order chi connectivity index (χ0) is 17.1. The standard InChI is InChI=1S/C17H16FNO4/c1-4-23-17(22)15-9-14(11(3)20)10(2)19(16(15)21)13-7-5-12(18)6-8-13/h5-9H,4H2,1-3H3. The van der Waals surface area contributed by atoms with E-state index in [9.17, 15) is 18.8 Å². The second-order valence-corrected chi connectivity index (χ2v) is 4.95. The minimum absolute atomic E-state index is 0.109. The number of halogens is 1. The Hall–Kier alpha value is -2.76. The number of aromatic nitrogens is 1. The number of carbonyl (C=O) groups excluding carboxylic acids is 2. The summed E-state index contributed by atoms with van der Waals surface area (Å²) in [4.78, 5) is 36.4. The molecular weight excluding hydrogens is 301 g/mol. The molecule has 5 nitrogen and oxygen atoms in total. The average Bonchev–Trinajstić information content (AvgIpc) is 2.49. The molecule has 1 aromatic carbocycles. The van der Waals surface area contributed by atoms with Gasteiger partial charge in [0.15, 0.2) is 5.78 Å². The Bertz CT molecular complexity index is 822. The van der Waals surface area contributed by atoms with Crippen LogP contribution in [0.4, 0.5) is 4.39 Å². The van der Waals surface area contributed by atoms with E-state index in [0.29, 0.717) is 11.4 Å². The number of pyridine rings is 1. The summed E-state index contributed by atoms with van der Waals surface area (Å²) >= 11 is 0. The number of ketones is 1. The van der Waals surface area contributed by atoms with Crippen molar-refractivity contribution in [1.82, 2.24) is 4.57 Å². The molecule has 1 aromatic heterocycles. The Kier molecular flexibility index (Phi) is 4.74. The van der Waals surface area contributed by atoms with Crippen LogP contribution < -0.4 is 5.56 Å². The molecule has 120 valence electrons. The maximum Gasteiger partial charge on any atom is 0.343 e. The molecule has 0 saturated carbocycles. The van der Waals surface area contributed by atoms with Crippen molar-refractivity contribution in [1.29, 1.82) is 0 Å². The van der Waals surface area contributed by atoms with Crippen LogP contribution in [0.3, 0.4) is 0 Å². The molecule has 0 aliphatic carbocycles. The van der Waals surface area contributed by atoms with Crippen LogP contribution in [0.2, 0.25) is 0 Å². The van der Waals surface area contributed by atoms with Gasteiger partial charge in [-0.2, -0.15) is 0 Å². The molecule has 0 amide bonds. The van der Waals surface area contributed by atoms with Crippen LogP contribution in [0.1, 0.15) is 40.3 Å². The lowest BCUT2D eigenvalue weighted by atomic mass is 10.1. The van der Waals surface area contributed by atoms with Gasteiger partial charge in [-0.05, 0) is 51.1 Å². The summed E-state index contributed by atoms with van der Waals surface area (Å²) in [6.07, 6.45) is 0. The molecule has 0 aliphatic rings. The molecule has 0 spiro atoms. The summed E-state index contributed by atoms with van der Waals surface area (Å²) in [5, 5.41) is 0. The SMILES string of the molecule is CCOC(=O)c1cc(C(C)=O)c(C)n(-c2ccc(F)cc2)c1=O. The van der Waals surface area contributed by atoms with E-state index in [0.717, 1.165) is 0 Å². The summed E-state index contributed by atoms with van der Waals surface area (Å²) in [6.45, 7) is 4.67. The molecule has 0 radical (unpaired) electrons. The molecule has 23 heavy (non-hydrogen) atoms. The Morgan fingerprint density at radius 1 is 1.17 bits per heavy atom. The Labute approximate surface area is 132 Å². The molecule has 6 heteroatoms.